The summed E-state index contributed by atoms with van der Waals surface area (Å²) in [7, 11) is 0. The Kier molecular flexibility index (Phi) is 4.32. The van der Waals surface area contributed by atoms with Gasteiger partial charge in [0, 0.05) is 12.1 Å². The smallest absolute Gasteiger partial charge is 0.347 e. The zero-order chi connectivity index (χ0) is 17.3. The van der Waals surface area contributed by atoms with Crippen LogP contribution in [0.15, 0.2) is 60.7 Å². The van der Waals surface area contributed by atoms with E-state index in [1.165, 1.54) is 0 Å². The van der Waals surface area contributed by atoms with Crippen molar-refractivity contribution in [1.82, 2.24) is 5.32 Å². The molecule has 4 nitrogen and oxygen atoms in total. The van der Waals surface area contributed by atoms with Gasteiger partial charge in [0.2, 0.25) is 5.60 Å². The lowest BCUT2D eigenvalue weighted by atomic mass is 9.86. The van der Waals surface area contributed by atoms with Crippen LogP contribution < -0.4 is 5.32 Å². The molecular formula is C21H23NO3. The molecule has 2 fully saturated rings. The maximum atomic E-state index is 13.1. The number of piperidine rings is 1. The van der Waals surface area contributed by atoms with Crippen molar-refractivity contribution in [2.75, 3.05) is 0 Å². The molecule has 2 aliphatic heterocycles. The topological polar surface area (TPSA) is 58.6 Å². The summed E-state index contributed by atoms with van der Waals surface area (Å²) < 4.78 is 5.82. The first-order valence-corrected chi connectivity index (χ1v) is 8.97. The molecule has 2 N–H and O–H groups in total. The number of carbonyl (C=O) groups is 1. The SMILES string of the molecule is O=C(OC1C[C@H]2CC[C@H](C1)N2)C(O)(c1ccccc1)c1ccccc1. The van der Waals surface area contributed by atoms with Crippen molar-refractivity contribution in [2.45, 2.75) is 49.5 Å². The highest BCUT2D eigenvalue weighted by Crippen LogP contribution is 2.34. The highest BCUT2D eigenvalue weighted by molar-refractivity contribution is 5.85. The number of aliphatic hydroxyl groups is 1. The predicted molar refractivity (Wildman–Crippen MR) is 94.9 cm³/mol. The van der Waals surface area contributed by atoms with Crippen LogP contribution >= 0.6 is 0 Å². The number of carbonyl (C=O) groups excluding carboxylic acids is 1. The normalized spacial score (nSPS) is 25.6. The second-order valence-corrected chi connectivity index (χ2v) is 7.08. The number of fused-ring (bicyclic) bond motifs is 2. The molecule has 0 unspecified atom stereocenters. The van der Waals surface area contributed by atoms with Crippen LogP contribution in [0.5, 0.6) is 0 Å². The van der Waals surface area contributed by atoms with Gasteiger partial charge in [-0.15, -0.1) is 0 Å². The van der Waals surface area contributed by atoms with Crippen LogP contribution in [0.2, 0.25) is 0 Å². The largest absolute Gasteiger partial charge is 0.460 e. The van der Waals surface area contributed by atoms with E-state index < -0.39 is 11.6 Å². The first-order chi connectivity index (χ1) is 12.2. The summed E-state index contributed by atoms with van der Waals surface area (Å²) >= 11 is 0. The van der Waals surface area contributed by atoms with E-state index in [1.807, 2.05) is 36.4 Å². The van der Waals surface area contributed by atoms with Gasteiger partial charge in [0.05, 0.1) is 0 Å². The summed E-state index contributed by atoms with van der Waals surface area (Å²) in [6.45, 7) is 0. The Morgan fingerprint density at radius 2 is 1.40 bits per heavy atom. The molecule has 2 saturated heterocycles. The monoisotopic (exact) mass is 337 g/mol. The number of hydrogen-bond acceptors (Lipinski definition) is 4. The van der Waals surface area contributed by atoms with E-state index in [0.717, 1.165) is 25.7 Å². The lowest BCUT2D eigenvalue weighted by Gasteiger charge is -2.33. The van der Waals surface area contributed by atoms with Crippen LogP contribution in [0.1, 0.15) is 36.8 Å². The molecule has 2 aromatic rings. The Morgan fingerprint density at radius 3 is 1.88 bits per heavy atom. The van der Waals surface area contributed by atoms with E-state index in [2.05, 4.69) is 5.32 Å². The summed E-state index contributed by atoms with van der Waals surface area (Å²) in [6, 6.07) is 18.9. The molecule has 0 amide bonds. The van der Waals surface area contributed by atoms with Gasteiger partial charge in [-0.05, 0) is 36.8 Å². The Balaban J connectivity index is 1.63. The van der Waals surface area contributed by atoms with Crippen molar-refractivity contribution in [3.05, 3.63) is 71.8 Å². The standard InChI is InChI=1S/C21H23NO3/c23-20(25-19-13-17-11-12-18(14-19)22-17)21(24,15-7-3-1-4-8-15)16-9-5-2-6-10-16/h1-10,17-19,22,24H,11-14H2/t17-,18-/m1/s1. The molecule has 0 spiro atoms. The zero-order valence-electron chi connectivity index (χ0n) is 14.1. The van der Waals surface area contributed by atoms with Crippen molar-refractivity contribution < 1.29 is 14.6 Å². The number of hydrogen-bond donors (Lipinski definition) is 2. The molecule has 25 heavy (non-hydrogen) atoms. The molecule has 0 saturated carbocycles. The Morgan fingerprint density at radius 1 is 0.920 bits per heavy atom. The molecular weight excluding hydrogens is 314 g/mol. The molecule has 130 valence electrons. The number of ether oxygens (including phenoxy) is 1. The third-order valence-corrected chi connectivity index (χ3v) is 5.38. The van der Waals surface area contributed by atoms with Gasteiger partial charge in [0.25, 0.3) is 0 Å². The van der Waals surface area contributed by atoms with Crippen molar-refractivity contribution >= 4 is 5.97 Å². The van der Waals surface area contributed by atoms with Crippen molar-refractivity contribution in [3.8, 4) is 0 Å². The maximum absolute atomic E-state index is 13.1. The van der Waals surface area contributed by atoms with Gasteiger partial charge < -0.3 is 15.2 Å². The molecule has 2 bridgehead atoms. The number of esters is 1. The fraction of sp³-hybridized carbons (Fsp3) is 0.381. The molecule has 2 aliphatic rings. The number of nitrogens with one attached hydrogen (secondary N) is 1. The van der Waals surface area contributed by atoms with E-state index in [9.17, 15) is 9.90 Å². The lowest BCUT2D eigenvalue weighted by molar-refractivity contribution is -0.169. The fourth-order valence-electron chi connectivity index (χ4n) is 4.10. The number of benzene rings is 2. The fourth-order valence-corrected chi connectivity index (χ4v) is 4.10. The van der Waals surface area contributed by atoms with Gasteiger partial charge in [-0.2, -0.15) is 0 Å². The highest BCUT2D eigenvalue weighted by Gasteiger charge is 2.44. The molecule has 0 radical (unpaired) electrons. The van der Waals surface area contributed by atoms with E-state index in [0.29, 0.717) is 23.2 Å². The summed E-state index contributed by atoms with van der Waals surface area (Å²) in [5.74, 6) is -0.587. The summed E-state index contributed by atoms with van der Waals surface area (Å²) in [6.07, 6.45) is 3.79. The van der Waals surface area contributed by atoms with Crippen LogP contribution in [0.25, 0.3) is 0 Å². The maximum Gasteiger partial charge on any atom is 0.347 e. The molecule has 0 aromatic heterocycles. The molecule has 2 atom stereocenters. The van der Waals surface area contributed by atoms with Crippen LogP contribution in [0.3, 0.4) is 0 Å². The molecule has 0 aliphatic carbocycles. The van der Waals surface area contributed by atoms with E-state index in [-0.39, 0.29) is 6.10 Å². The average Bonchev–Trinajstić information content (AvgIpc) is 3.00. The minimum absolute atomic E-state index is 0.134. The van der Waals surface area contributed by atoms with Gasteiger partial charge in [0.15, 0.2) is 0 Å². The summed E-state index contributed by atoms with van der Waals surface area (Å²) in [5.41, 5.74) is -0.724. The van der Waals surface area contributed by atoms with Gasteiger partial charge in [-0.1, -0.05) is 60.7 Å². The average molecular weight is 337 g/mol. The highest BCUT2D eigenvalue weighted by atomic mass is 16.6. The molecule has 4 heteroatoms. The van der Waals surface area contributed by atoms with Crippen molar-refractivity contribution in [2.24, 2.45) is 0 Å². The molecule has 4 rings (SSSR count). The minimum Gasteiger partial charge on any atom is -0.460 e. The van der Waals surface area contributed by atoms with Gasteiger partial charge in [-0.3, -0.25) is 0 Å². The van der Waals surface area contributed by atoms with Crippen LogP contribution in [0, 0.1) is 0 Å². The molecule has 2 heterocycles. The first kappa shape index (κ1) is 16.3. The van der Waals surface area contributed by atoms with Crippen molar-refractivity contribution in [1.29, 1.82) is 0 Å². The quantitative estimate of drug-likeness (QED) is 0.843. The van der Waals surface area contributed by atoms with Crippen LogP contribution in [-0.2, 0) is 15.1 Å². The first-order valence-electron chi connectivity index (χ1n) is 8.97. The Bertz CT molecular complexity index is 680. The zero-order valence-corrected chi connectivity index (χ0v) is 14.1. The predicted octanol–water partition coefficient (Wildman–Crippen LogP) is 2.75. The minimum atomic E-state index is -1.79. The van der Waals surface area contributed by atoms with Crippen LogP contribution in [0.4, 0.5) is 0 Å². The Hall–Kier alpha value is -2.17. The van der Waals surface area contributed by atoms with E-state index in [4.69, 9.17) is 4.74 Å². The third-order valence-electron chi connectivity index (χ3n) is 5.38. The van der Waals surface area contributed by atoms with Crippen molar-refractivity contribution in [3.63, 3.8) is 0 Å². The second-order valence-electron chi connectivity index (χ2n) is 7.08. The molecule has 2 aromatic carbocycles. The summed E-state index contributed by atoms with van der Waals surface area (Å²) in [4.78, 5) is 13.1. The van der Waals surface area contributed by atoms with Gasteiger partial charge >= 0.3 is 5.97 Å². The van der Waals surface area contributed by atoms with E-state index in [1.54, 1.807) is 24.3 Å². The lowest BCUT2D eigenvalue weighted by Crippen LogP contribution is -2.46. The van der Waals surface area contributed by atoms with Gasteiger partial charge in [0.1, 0.15) is 6.10 Å². The third kappa shape index (κ3) is 3.08. The Labute approximate surface area is 147 Å². The summed E-state index contributed by atoms with van der Waals surface area (Å²) in [5, 5.41) is 15.0. The van der Waals surface area contributed by atoms with E-state index >= 15 is 0 Å². The second kappa shape index (κ2) is 6.62. The van der Waals surface area contributed by atoms with Crippen LogP contribution in [-0.4, -0.2) is 29.3 Å². The number of rotatable bonds is 4. The van der Waals surface area contributed by atoms with Gasteiger partial charge in [-0.25, -0.2) is 4.79 Å².